The molecule has 1 amide bonds. The number of amides is 1. The van der Waals surface area contributed by atoms with Crippen LogP contribution in [0.25, 0.3) is 20.4 Å². The van der Waals surface area contributed by atoms with Gasteiger partial charge >= 0.3 is 0 Å². The molecule has 7 heteroatoms. The summed E-state index contributed by atoms with van der Waals surface area (Å²) in [6, 6.07) is 11.4. The van der Waals surface area contributed by atoms with Gasteiger partial charge in [-0.15, -0.1) is 11.3 Å². The van der Waals surface area contributed by atoms with Crippen LogP contribution in [-0.2, 0) is 7.05 Å². The first-order valence-corrected chi connectivity index (χ1v) is 9.50. The molecule has 2 heterocycles. The number of fused-ring (bicyclic) bond motifs is 2. The van der Waals surface area contributed by atoms with Crippen molar-refractivity contribution in [2.45, 2.75) is 6.92 Å². The molecule has 0 aliphatic rings. The summed E-state index contributed by atoms with van der Waals surface area (Å²) < 4.78 is 9.63. The number of hydrogen-bond acceptors (Lipinski definition) is 5. The fourth-order valence-corrected chi connectivity index (χ4v) is 4.44. The number of hydrogen-bond donors (Lipinski definition) is 0. The van der Waals surface area contributed by atoms with Crippen LogP contribution in [0.15, 0.2) is 46.9 Å². The molecule has 126 valence electrons. The Morgan fingerprint density at radius 2 is 2.16 bits per heavy atom. The molecule has 0 atom stereocenters. The summed E-state index contributed by atoms with van der Waals surface area (Å²) in [5.74, 6) is 0.550. The third kappa shape index (κ3) is 2.85. The van der Waals surface area contributed by atoms with Crippen LogP contribution < -0.4 is 9.54 Å². The zero-order chi connectivity index (χ0) is 17.4. The van der Waals surface area contributed by atoms with Crippen LogP contribution in [-0.4, -0.2) is 22.1 Å². The van der Waals surface area contributed by atoms with Gasteiger partial charge < -0.3 is 9.30 Å². The van der Waals surface area contributed by atoms with Crippen molar-refractivity contribution in [2.24, 2.45) is 12.0 Å². The van der Waals surface area contributed by atoms with Gasteiger partial charge in [0.2, 0.25) is 0 Å². The van der Waals surface area contributed by atoms with Crippen molar-refractivity contribution in [3.63, 3.8) is 0 Å². The number of aryl methyl sites for hydroxylation is 1. The molecule has 25 heavy (non-hydrogen) atoms. The summed E-state index contributed by atoms with van der Waals surface area (Å²) in [6.07, 6.45) is 0. The lowest BCUT2D eigenvalue weighted by atomic mass is 10.2. The Morgan fingerprint density at radius 3 is 3.00 bits per heavy atom. The van der Waals surface area contributed by atoms with Crippen molar-refractivity contribution in [1.29, 1.82) is 0 Å². The van der Waals surface area contributed by atoms with Crippen LogP contribution in [0.3, 0.4) is 0 Å². The molecule has 0 saturated heterocycles. The molecule has 0 unspecified atom stereocenters. The number of para-hydroxylation sites is 1. The molecule has 4 rings (SSSR count). The molecule has 0 aliphatic heterocycles. The normalized spacial score (nSPS) is 12.2. The summed E-state index contributed by atoms with van der Waals surface area (Å²) in [5.41, 5.74) is 4.20. The highest BCUT2D eigenvalue weighted by Crippen LogP contribution is 2.27. The van der Waals surface area contributed by atoms with Gasteiger partial charge in [-0.05, 0) is 37.3 Å². The second kappa shape index (κ2) is 6.42. The van der Waals surface area contributed by atoms with E-state index in [9.17, 15) is 4.79 Å². The molecule has 0 spiro atoms. The molecular weight excluding hydrogens is 354 g/mol. The molecule has 0 bridgehead atoms. The first kappa shape index (κ1) is 16.0. The van der Waals surface area contributed by atoms with Crippen LogP contribution in [0.5, 0.6) is 5.75 Å². The second-order valence-corrected chi connectivity index (χ2v) is 7.33. The average Bonchev–Trinajstić information content (AvgIpc) is 3.20. The predicted molar refractivity (Wildman–Crippen MR) is 101 cm³/mol. The van der Waals surface area contributed by atoms with Crippen molar-refractivity contribution in [3.8, 4) is 5.75 Å². The third-order valence-corrected chi connectivity index (χ3v) is 5.75. The lowest BCUT2D eigenvalue weighted by Gasteiger charge is -2.05. The smallest absolute Gasteiger partial charge is 0.279 e. The van der Waals surface area contributed by atoms with E-state index in [0.717, 1.165) is 26.2 Å². The van der Waals surface area contributed by atoms with Crippen LogP contribution in [0.1, 0.15) is 17.3 Å². The molecule has 0 radical (unpaired) electrons. The second-order valence-electron chi connectivity index (χ2n) is 5.43. The number of thiazole rings is 2. The maximum absolute atomic E-state index is 12.6. The van der Waals surface area contributed by atoms with Gasteiger partial charge in [0.25, 0.3) is 5.91 Å². The largest absolute Gasteiger partial charge is 0.492 e. The van der Waals surface area contributed by atoms with Gasteiger partial charge in [0.05, 0.1) is 27.0 Å². The number of benzene rings is 2. The van der Waals surface area contributed by atoms with E-state index >= 15 is 0 Å². The molecule has 0 saturated carbocycles. The van der Waals surface area contributed by atoms with E-state index in [2.05, 4.69) is 9.98 Å². The third-order valence-electron chi connectivity index (χ3n) is 3.86. The minimum absolute atomic E-state index is 0.254. The van der Waals surface area contributed by atoms with Crippen molar-refractivity contribution >= 4 is 49.0 Å². The van der Waals surface area contributed by atoms with Crippen molar-refractivity contribution in [2.75, 3.05) is 6.61 Å². The van der Waals surface area contributed by atoms with E-state index < -0.39 is 0 Å². The minimum atomic E-state index is -0.254. The fourth-order valence-electron chi connectivity index (χ4n) is 2.69. The molecule has 2 aromatic heterocycles. The summed E-state index contributed by atoms with van der Waals surface area (Å²) in [4.78, 5) is 21.8. The zero-order valence-electron chi connectivity index (χ0n) is 13.7. The Morgan fingerprint density at radius 1 is 1.28 bits per heavy atom. The predicted octanol–water partition coefficient (Wildman–Crippen LogP) is 3.99. The maximum atomic E-state index is 12.6. The van der Waals surface area contributed by atoms with Gasteiger partial charge in [-0.2, -0.15) is 4.99 Å². The first-order valence-electron chi connectivity index (χ1n) is 7.81. The molecule has 4 aromatic rings. The number of aromatic nitrogens is 2. The Bertz CT molecular complexity index is 1150. The topological polar surface area (TPSA) is 56.5 Å². The highest BCUT2D eigenvalue weighted by molar-refractivity contribution is 7.17. The quantitative estimate of drug-likeness (QED) is 0.549. The van der Waals surface area contributed by atoms with Gasteiger partial charge in [0, 0.05) is 12.6 Å². The first-order chi connectivity index (χ1) is 12.2. The maximum Gasteiger partial charge on any atom is 0.279 e. The van der Waals surface area contributed by atoms with Crippen LogP contribution in [0.4, 0.5) is 0 Å². The summed E-state index contributed by atoms with van der Waals surface area (Å²) in [6.45, 7) is 2.55. The minimum Gasteiger partial charge on any atom is -0.492 e. The highest BCUT2D eigenvalue weighted by Gasteiger charge is 2.11. The molecule has 2 aromatic carbocycles. The zero-order valence-corrected chi connectivity index (χ0v) is 15.4. The van der Waals surface area contributed by atoms with E-state index in [0.29, 0.717) is 17.0 Å². The number of carbonyl (C=O) groups excluding carboxylic acids is 1. The molecule has 0 fully saturated rings. The van der Waals surface area contributed by atoms with Gasteiger partial charge in [-0.3, -0.25) is 4.79 Å². The van der Waals surface area contributed by atoms with Crippen molar-refractivity contribution in [1.82, 2.24) is 9.55 Å². The Hall–Kier alpha value is -2.51. The van der Waals surface area contributed by atoms with E-state index in [-0.39, 0.29) is 5.91 Å². The molecule has 0 N–H and O–H groups in total. The summed E-state index contributed by atoms with van der Waals surface area (Å²) in [5, 5.41) is 0. The van der Waals surface area contributed by atoms with E-state index in [1.807, 2.05) is 48.9 Å². The lowest BCUT2D eigenvalue weighted by Crippen LogP contribution is -2.13. The number of rotatable bonds is 3. The van der Waals surface area contributed by atoms with Gasteiger partial charge in [0.1, 0.15) is 11.3 Å². The molecule has 5 nitrogen and oxygen atoms in total. The van der Waals surface area contributed by atoms with Gasteiger partial charge in [0.15, 0.2) is 4.80 Å². The fraction of sp³-hybridized carbons (Fsp3) is 0.167. The van der Waals surface area contributed by atoms with Crippen LogP contribution in [0.2, 0.25) is 0 Å². The number of nitrogens with zero attached hydrogens (tertiary/aromatic N) is 3. The van der Waals surface area contributed by atoms with E-state index in [1.165, 1.54) is 22.7 Å². The number of carbonyl (C=O) groups is 1. The van der Waals surface area contributed by atoms with E-state index in [1.54, 1.807) is 11.6 Å². The van der Waals surface area contributed by atoms with Gasteiger partial charge in [-0.25, -0.2) is 4.98 Å². The molecule has 0 aliphatic carbocycles. The Balaban J connectivity index is 1.81. The number of ether oxygens (including phenoxy) is 1. The van der Waals surface area contributed by atoms with E-state index in [4.69, 9.17) is 4.74 Å². The standard InChI is InChI=1S/C18H15N3O2S2/c1-3-23-13-5-4-6-14-16(13)21(2)18(25-14)20-17(22)11-7-8-12-15(9-11)24-10-19-12/h4-10H,3H2,1-2H3. The lowest BCUT2D eigenvalue weighted by molar-refractivity contribution is 0.0998. The van der Waals surface area contributed by atoms with Crippen LogP contribution in [0, 0.1) is 0 Å². The van der Waals surface area contributed by atoms with Gasteiger partial charge in [-0.1, -0.05) is 17.4 Å². The van der Waals surface area contributed by atoms with Crippen molar-refractivity contribution < 1.29 is 9.53 Å². The average molecular weight is 369 g/mol. The highest BCUT2D eigenvalue weighted by atomic mass is 32.1. The molecular formula is C18H15N3O2S2. The Kier molecular flexibility index (Phi) is 4.10. The summed E-state index contributed by atoms with van der Waals surface area (Å²) >= 11 is 2.99. The van der Waals surface area contributed by atoms with Crippen molar-refractivity contribution in [3.05, 3.63) is 52.3 Å². The van der Waals surface area contributed by atoms with Crippen LogP contribution >= 0.6 is 22.7 Å². The summed E-state index contributed by atoms with van der Waals surface area (Å²) in [7, 11) is 1.90. The Labute approximate surface area is 151 Å². The monoisotopic (exact) mass is 369 g/mol. The SMILES string of the molecule is CCOc1cccc2sc(=NC(=O)c3ccc4ncsc4c3)n(C)c12.